The Hall–Kier alpha value is -3.04. The fourth-order valence-corrected chi connectivity index (χ4v) is 3.61. The topological polar surface area (TPSA) is 98.9 Å². The molecule has 0 aliphatic carbocycles. The number of aliphatic imine (C=N–C) groups is 1. The minimum atomic E-state index is -4.00. The van der Waals surface area contributed by atoms with Gasteiger partial charge in [-0.05, 0) is 42.5 Å². The van der Waals surface area contributed by atoms with Gasteiger partial charge in [0.05, 0.1) is 10.6 Å². The summed E-state index contributed by atoms with van der Waals surface area (Å²) in [5.41, 5.74) is 0.856. The number of hydrogen-bond acceptors (Lipinski definition) is 6. The van der Waals surface area contributed by atoms with Gasteiger partial charge in [0.15, 0.2) is 5.75 Å². The highest BCUT2D eigenvalue weighted by atomic mass is 79.9. The van der Waals surface area contributed by atoms with Crippen molar-refractivity contribution in [2.75, 3.05) is 0 Å². The molecular weight excluding hydrogens is 448 g/mol. The van der Waals surface area contributed by atoms with E-state index in [2.05, 4.69) is 20.9 Å². The molecule has 0 fully saturated rings. The standard InChI is InChI=1S/C19H13BrN2O5S/c20-15-6-11-19(27-28(25,26)18-4-2-1-3-5-18)14(12-15)13-21-16-7-9-17(10-8-16)22(23)24/h1-13H. The van der Waals surface area contributed by atoms with Crippen molar-refractivity contribution in [3.8, 4) is 5.75 Å². The molecule has 0 atom stereocenters. The maximum Gasteiger partial charge on any atom is 0.339 e. The molecule has 0 unspecified atom stereocenters. The van der Waals surface area contributed by atoms with Crippen molar-refractivity contribution < 1.29 is 17.5 Å². The molecule has 0 saturated heterocycles. The molecule has 7 nitrogen and oxygen atoms in total. The van der Waals surface area contributed by atoms with Gasteiger partial charge in [-0.25, -0.2) is 0 Å². The average Bonchev–Trinajstić information content (AvgIpc) is 2.69. The highest BCUT2D eigenvalue weighted by Gasteiger charge is 2.18. The van der Waals surface area contributed by atoms with E-state index in [4.69, 9.17) is 4.18 Å². The fourth-order valence-electron chi connectivity index (χ4n) is 2.25. The van der Waals surface area contributed by atoms with E-state index in [1.54, 1.807) is 30.3 Å². The van der Waals surface area contributed by atoms with Crippen molar-refractivity contribution in [2.45, 2.75) is 4.90 Å². The van der Waals surface area contributed by atoms with E-state index in [1.165, 1.54) is 48.7 Å². The highest BCUT2D eigenvalue weighted by molar-refractivity contribution is 9.10. The molecule has 0 aliphatic heterocycles. The summed E-state index contributed by atoms with van der Waals surface area (Å²) in [6, 6.07) is 18.3. The number of hydrogen-bond donors (Lipinski definition) is 0. The lowest BCUT2D eigenvalue weighted by Crippen LogP contribution is -2.10. The molecular formula is C19H13BrN2O5S. The summed E-state index contributed by atoms with van der Waals surface area (Å²) in [4.78, 5) is 14.5. The zero-order valence-corrected chi connectivity index (χ0v) is 16.6. The molecule has 0 aliphatic rings. The van der Waals surface area contributed by atoms with Crippen LogP contribution in [0.2, 0.25) is 0 Å². The van der Waals surface area contributed by atoms with E-state index in [1.807, 2.05) is 0 Å². The SMILES string of the molecule is O=[N+]([O-])c1ccc(N=Cc2cc(Br)ccc2OS(=O)(=O)c2ccccc2)cc1. The highest BCUT2D eigenvalue weighted by Crippen LogP contribution is 2.26. The summed E-state index contributed by atoms with van der Waals surface area (Å²) in [5.74, 6) is 0.109. The molecule has 142 valence electrons. The molecule has 0 radical (unpaired) electrons. The molecule has 0 aromatic heterocycles. The van der Waals surface area contributed by atoms with Gasteiger partial charge in [-0.15, -0.1) is 0 Å². The first-order chi connectivity index (χ1) is 13.3. The Bertz CT molecular complexity index is 1130. The summed E-state index contributed by atoms with van der Waals surface area (Å²) in [6.45, 7) is 0. The Morgan fingerprint density at radius 3 is 2.32 bits per heavy atom. The summed E-state index contributed by atoms with van der Waals surface area (Å²) in [6.07, 6.45) is 1.43. The number of halogens is 1. The third kappa shape index (κ3) is 4.81. The van der Waals surface area contributed by atoms with Gasteiger partial charge in [0.1, 0.15) is 4.90 Å². The molecule has 0 heterocycles. The lowest BCUT2D eigenvalue weighted by atomic mass is 10.2. The fraction of sp³-hybridized carbons (Fsp3) is 0. The number of nitrogens with zero attached hydrogens (tertiary/aromatic N) is 2. The molecule has 3 aromatic rings. The molecule has 0 spiro atoms. The normalized spacial score (nSPS) is 11.5. The average molecular weight is 461 g/mol. The lowest BCUT2D eigenvalue weighted by molar-refractivity contribution is -0.384. The van der Waals surface area contributed by atoms with Gasteiger partial charge in [-0.1, -0.05) is 34.1 Å². The Kier molecular flexibility index (Phi) is 5.86. The molecule has 0 N–H and O–H groups in total. The van der Waals surface area contributed by atoms with Crippen molar-refractivity contribution in [3.05, 3.63) is 92.9 Å². The van der Waals surface area contributed by atoms with Crippen LogP contribution in [0.1, 0.15) is 5.56 Å². The Labute approximate surface area is 169 Å². The Morgan fingerprint density at radius 1 is 1.00 bits per heavy atom. The zero-order valence-electron chi connectivity index (χ0n) is 14.2. The lowest BCUT2D eigenvalue weighted by Gasteiger charge is -2.10. The van der Waals surface area contributed by atoms with Gasteiger partial charge in [-0.3, -0.25) is 15.1 Å². The largest absolute Gasteiger partial charge is 0.378 e. The van der Waals surface area contributed by atoms with Gasteiger partial charge in [-0.2, -0.15) is 8.42 Å². The van der Waals surface area contributed by atoms with E-state index >= 15 is 0 Å². The quantitative estimate of drug-likeness (QED) is 0.226. The monoisotopic (exact) mass is 460 g/mol. The Balaban J connectivity index is 1.90. The van der Waals surface area contributed by atoms with Gasteiger partial charge >= 0.3 is 10.1 Å². The maximum atomic E-state index is 12.5. The van der Waals surface area contributed by atoms with Crippen LogP contribution < -0.4 is 4.18 Å². The van der Waals surface area contributed by atoms with Crippen LogP contribution in [0, 0.1) is 10.1 Å². The van der Waals surface area contributed by atoms with Crippen LogP contribution in [-0.4, -0.2) is 19.6 Å². The second-order valence-electron chi connectivity index (χ2n) is 5.56. The van der Waals surface area contributed by atoms with E-state index < -0.39 is 15.0 Å². The molecule has 0 saturated carbocycles. The van der Waals surface area contributed by atoms with Crippen molar-refractivity contribution >= 4 is 43.6 Å². The smallest absolute Gasteiger partial charge is 0.339 e. The van der Waals surface area contributed by atoms with Crippen molar-refractivity contribution in [1.29, 1.82) is 0 Å². The van der Waals surface area contributed by atoms with Crippen LogP contribution in [0.5, 0.6) is 5.75 Å². The minimum absolute atomic E-state index is 0.0381. The zero-order chi connectivity index (χ0) is 20.1. The van der Waals surface area contributed by atoms with E-state index in [0.29, 0.717) is 15.7 Å². The number of rotatable bonds is 6. The first kappa shape index (κ1) is 19.7. The van der Waals surface area contributed by atoms with Gasteiger partial charge in [0, 0.05) is 28.4 Å². The van der Waals surface area contributed by atoms with Crippen LogP contribution in [0.25, 0.3) is 0 Å². The van der Waals surface area contributed by atoms with Gasteiger partial charge in [0.25, 0.3) is 5.69 Å². The van der Waals surface area contributed by atoms with Crippen molar-refractivity contribution in [1.82, 2.24) is 0 Å². The summed E-state index contributed by atoms with van der Waals surface area (Å²) >= 11 is 3.33. The van der Waals surface area contributed by atoms with Crippen molar-refractivity contribution in [3.63, 3.8) is 0 Å². The number of nitro groups is 1. The number of non-ortho nitro benzene ring substituents is 1. The third-order valence-corrected chi connectivity index (χ3v) is 5.36. The first-order valence-corrected chi connectivity index (χ1v) is 10.1. The number of nitro benzene ring substituents is 1. The van der Waals surface area contributed by atoms with Crippen LogP contribution in [0.4, 0.5) is 11.4 Å². The van der Waals surface area contributed by atoms with Crippen LogP contribution in [-0.2, 0) is 10.1 Å². The summed E-state index contributed by atoms with van der Waals surface area (Å²) in [7, 11) is -4.00. The van der Waals surface area contributed by atoms with E-state index in [-0.39, 0.29) is 16.3 Å². The minimum Gasteiger partial charge on any atom is -0.378 e. The second kappa shape index (κ2) is 8.32. The second-order valence-corrected chi connectivity index (χ2v) is 8.03. The molecule has 9 heteroatoms. The predicted molar refractivity (Wildman–Crippen MR) is 109 cm³/mol. The number of benzene rings is 3. The Morgan fingerprint density at radius 2 is 1.68 bits per heavy atom. The van der Waals surface area contributed by atoms with Crippen molar-refractivity contribution in [2.24, 2.45) is 4.99 Å². The predicted octanol–water partition coefficient (Wildman–Crippen LogP) is 4.88. The first-order valence-electron chi connectivity index (χ1n) is 7.93. The van der Waals surface area contributed by atoms with E-state index in [0.717, 1.165) is 0 Å². The maximum absolute atomic E-state index is 12.5. The van der Waals surface area contributed by atoms with Crippen LogP contribution >= 0.6 is 15.9 Å². The molecule has 0 bridgehead atoms. The third-order valence-electron chi connectivity index (χ3n) is 3.62. The molecule has 28 heavy (non-hydrogen) atoms. The van der Waals surface area contributed by atoms with E-state index in [9.17, 15) is 18.5 Å². The van der Waals surface area contributed by atoms with Gasteiger partial charge < -0.3 is 4.18 Å². The molecule has 3 aromatic carbocycles. The summed E-state index contributed by atoms with van der Waals surface area (Å²) in [5, 5.41) is 10.7. The molecule has 0 amide bonds. The summed E-state index contributed by atoms with van der Waals surface area (Å²) < 4.78 is 30.9. The van der Waals surface area contributed by atoms with Crippen LogP contribution in [0.3, 0.4) is 0 Å². The van der Waals surface area contributed by atoms with Gasteiger partial charge in [0.2, 0.25) is 0 Å². The van der Waals surface area contributed by atoms with Crippen LogP contribution in [0.15, 0.2) is 87.2 Å². The molecule has 3 rings (SSSR count).